The van der Waals surface area contributed by atoms with Gasteiger partial charge in [0.05, 0.1) is 4.91 Å². The van der Waals surface area contributed by atoms with Gasteiger partial charge in [-0.2, -0.15) is 0 Å². The monoisotopic (exact) mass is 428 g/mol. The molecule has 0 unspecified atom stereocenters. The number of hydrogen-bond acceptors (Lipinski definition) is 6. The second-order valence-corrected chi connectivity index (χ2v) is 8.27. The Morgan fingerprint density at radius 2 is 2.03 bits per heavy atom. The number of carbonyl (C=O) groups is 2. The molecule has 1 aliphatic heterocycles. The van der Waals surface area contributed by atoms with E-state index in [1.807, 2.05) is 31.2 Å². The Kier molecular flexibility index (Phi) is 6.56. The average molecular weight is 429 g/mol. The van der Waals surface area contributed by atoms with Gasteiger partial charge in [-0.05, 0) is 49.2 Å². The topological polar surface area (TPSA) is 89.9 Å². The lowest BCUT2D eigenvalue weighted by Gasteiger charge is -2.14. The highest BCUT2D eigenvalue weighted by Gasteiger charge is 2.31. The lowest BCUT2D eigenvalue weighted by Crippen LogP contribution is -2.29. The number of nitrogens with one attached hydrogen (secondary N) is 1. The quantitative estimate of drug-likeness (QED) is 0.476. The number of amides is 2. The van der Waals surface area contributed by atoms with Gasteiger partial charge in [-0.3, -0.25) is 14.5 Å². The Bertz CT molecular complexity index is 1000. The summed E-state index contributed by atoms with van der Waals surface area (Å²) >= 11 is 6.43. The summed E-state index contributed by atoms with van der Waals surface area (Å²) in [6, 6.07) is 11.7. The predicted octanol–water partition coefficient (Wildman–Crippen LogP) is 4.03. The van der Waals surface area contributed by atoms with Gasteiger partial charge in [0.2, 0.25) is 5.91 Å². The van der Waals surface area contributed by atoms with Crippen molar-refractivity contribution in [2.45, 2.75) is 19.8 Å². The fourth-order valence-corrected chi connectivity index (χ4v) is 4.13. The van der Waals surface area contributed by atoms with Gasteiger partial charge < -0.3 is 15.5 Å². The van der Waals surface area contributed by atoms with Crippen molar-refractivity contribution in [1.82, 2.24) is 4.90 Å². The fourth-order valence-electron chi connectivity index (χ4n) is 2.83. The number of phenols is 2. The van der Waals surface area contributed by atoms with Gasteiger partial charge >= 0.3 is 0 Å². The second kappa shape index (κ2) is 9.11. The predicted molar refractivity (Wildman–Crippen MR) is 119 cm³/mol. The molecule has 3 N–H and O–H groups in total. The highest BCUT2D eigenvalue weighted by molar-refractivity contribution is 8.26. The molecule has 0 spiro atoms. The highest BCUT2D eigenvalue weighted by atomic mass is 32.2. The zero-order valence-corrected chi connectivity index (χ0v) is 17.3. The summed E-state index contributed by atoms with van der Waals surface area (Å²) in [5.74, 6) is -0.559. The first-order valence-electron chi connectivity index (χ1n) is 8.97. The minimum Gasteiger partial charge on any atom is -0.508 e. The standard InChI is InChI=1S/C21H20N2O4S2/c1-13-4-2-5-15(10-13)22-19(26)6-3-9-23-20(27)18(29-21(23)28)11-14-7-8-16(24)12-17(14)25/h2,4-5,7-8,10-12,24-25H,3,6,9H2,1H3,(H,22,26)/b18-11-. The highest BCUT2D eigenvalue weighted by Crippen LogP contribution is 2.34. The number of carbonyl (C=O) groups excluding carboxylic acids is 2. The maximum absolute atomic E-state index is 12.6. The summed E-state index contributed by atoms with van der Waals surface area (Å²) in [6.07, 6.45) is 2.28. The SMILES string of the molecule is Cc1cccc(NC(=O)CCCN2C(=O)/C(=C/c3ccc(O)cc3O)SC2=S)c1. The van der Waals surface area contributed by atoms with E-state index in [9.17, 15) is 19.8 Å². The molecule has 150 valence electrons. The van der Waals surface area contributed by atoms with Crippen molar-refractivity contribution in [1.29, 1.82) is 0 Å². The van der Waals surface area contributed by atoms with Crippen molar-refractivity contribution >= 4 is 51.9 Å². The summed E-state index contributed by atoms with van der Waals surface area (Å²) in [4.78, 5) is 26.6. The summed E-state index contributed by atoms with van der Waals surface area (Å²) in [5, 5.41) is 22.1. The van der Waals surface area contributed by atoms with Crippen LogP contribution in [0, 0.1) is 6.92 Å². The van der Waals surface area contributed by atoms with Gasteiger partial charge in [0.25, 0.3) is 5.91 Å². The largest absolute Gasteiger partial charge is 0.508 e. The third-order valence-corrected chi connectivity index (χ3v) is 5.64. The maximum atomic E-state index is 12.6. The van der Waals surface area contributed by atoms with Crippen LogP contribution in [0.1, 0.15) is 24.0 Å². The lowest BCUT2D eigenvalue weighted by molar-refractivity contribution is -0.122. The first kappa shape index (κ1) is 20.9. The number of rotatable bonds is 6. The number of nitrogens with zero attached hydrogens (tertiary/aromatic N) is 1. The Labute approximate surface area is 178 Å². The Morgan fingerprint density at radius 3 is 2.76 bits per heavy atom. The van der Waals surface area contributed by atoms with Crippen molar-refractivity contribution in [2.24, 2.45) is 0 Å². The van der Waals surface area contributed by atoms with Crippen LogP contribution < -0.4 is 5.32 Å². The van der Waals surface area contributed by atoms with E-state index in [1.54, 1.807) is 6.08 Å². The van der Waals surface area contributed by atoms with E-state index in [0.29, 0.717) is 27.8 Å². The van der Waals surface area contributed by atoms with Gasteiger partial charge in [0, 0.05) is 30.3 Å². The first-order chi connectivity index (χ1) is 13.8. The van der Waals surface area contributed by atoms with E-state index in [1.165, 1.54) is 23.1 Å². The van der Waals surface area contributed by atoms with E-state index in [-0.39, 0.29) is 29.7 Å². The van der Waals surface area contributed by atoms with Crippen LogP contribution in [-0.2, 0) is 9.59 Å². The van der Waals surface area contributed by atoms with Crippen molar-refractivity contribution in [3.8, 4) is 11.5 Å². The Morgan fingerprint density at radius 1 is 1.24 bits per heavy atom. The molecule has 1 heterocycles. The molecule has 1 aliphatic rings. The fraction of sp³-hybridized carbons (Fsp3) is 0.190. The number of hydrogen-bond donors (Lipinski definition) is 3. The van der Waals surface area contributed by atoms with E-state index in [4.69, 9.17) is 12.2 Å². The smallest absolute Gasteiger partial charge is 0.266 e. The summed E-state index contributed by atoms with van der Waals surface area (Å²) in [6.45, 7) is 2.29. The van der Waals surface area contributed by atoms with Gasteiger partial charge in [0.15, 0.2) is 0 Å². The maximum Gasteiger partial charge on any atom is 0.266 e. The third-order valence-electron chi connectivity index (χ3n) is 4.26. The van der Waals surface area contributed by atoms with Gasteiger partial charge in [0.1, 0.15) is 15.8 Å². The minimum atomic E-state index is -0.258. The number of thiocarbonyl (C=S) groups is 1. The number of anilines is 1. The molecule has 0 aromatic heterocycles. The van der Waals surface area contributed by atoms with E-state index >= 15 is 0 Å². The summed E-state index contributed by atoms with van der Waals surface area (Å²) in [7, 11) is 0. The molecule has 1 saturated heterocycles. The van der Waals surface area contributed by atoms with E-state index in [2.05, 4.69) is 5.32 Å². The first-order valence-corrected chi connectivity index (χ1v) is 10.2. The molecule has 3 rings (SSSR count). The van der Waals surface area contributed by atoms with Crippen LogP contribution in [0.4, 0.5) is 5.69 Å². The number of benzene rings is 2. The summed E-state index contributed by atoms with van der Waals surface area (Å²) < 4.78 is 0.415. The van der Waals surface area contributed by atoms with Gasteiger partial charge in [-0.15, -0.1) is 0 Å². The van der Waals surface area contributed by atoms with Crippen LogP contribution in [0.15, 0.2) is 47.4 Å². The zero-order valence-electron chi connectivity index (χ0n) is 15.7. The molecular formula is C21H20N2O4S2. The molecule has 2 aromatic rings. The van der Waals surface area contributed by atoms with E-state index < -0.39 is 0 Å². The summed E-state index contributed by atoms with van der Waals surface area (Å²) in [5.41, 5.74) is 2.23. The Balaban J connectivity index is 1.56. The van der Waals surface area contributed by atoms with Crippen LogP contribution in [-0.4, -0.2) is 37.8 Å². The molecule has 8 heteroatoms. The molecule has 0 bridgehead atoms. The Hall–Kier alpha value is -2.84. The van der Waals surface area contributed by atoms with Gasteiger partial charge in [-0.25, -0.2) is 0 Å². The van der Waals surface area contributed by atoms with Crippen LogP contribution in [0.25, 0.3) is 6.08 Å². The lowest BCUT2D eigenvalue weighted by atomic mass is 10.1. The normalized spacial score (nSPS) is 15.2. The molecule has 29 heavy (non-hydrogen) atoms. The zero-order chi connectivity index (χ0) is 21.0. The molecular weight excluding hydrogens is 408 g/mol. The molecule has 2 aromatic carbocycles. The number of phenolic OH excluding ortho intramolecular Hbond substituents is 2. The van der Waals surface area contributed by atoms with Crippen molar-refractivity contribution in [3.63, 3.8) is 0 Å². The van der Waals surface area contributed by atoms with Crippen LogP contribution in [0.5, 0.6) is 11.5 Å². The van der Waals surface area contributed by atoms with E-state index in [0.717, 1.165) is 23.0 Å². The molecule has 6 nitrogen and oxygen atoms in total. The van der Waals surface area contributed by atoms with Crippen LogP contribution in [0.2, 0.25) is 0 Å². The van der Waals surface area contributed by atoms with Crippen molar-refractivity contribution < 1.29 is 19.8 Å². The third kappa shape index (κ3) is 5.36. The number of aryl methyl sites for hydroxylation is 1. The average Bonchev–Trinajstić information content (AvgIpc) is 2.91. The number of aromatic hydroxyl groups is 2. The minimum absolute atomic E-state index is 0.0591. The molecule has 0 atom stereocenters. The molecule has 0 saturated carbocycles. The van der Waals surface area contributed by atoms with Crippen LogP contribution in [0.3, 0.4) is 0 Å². The van der Waals surface area contributed by atoms with Gasteiger partial charge in [-0.1, -0.05) is 36.1 Å². The molecule has 0 aliphatic carbocycles. The molecule has 0 radical (unpaired) electrons. The second-order valence-electron chi connectivity index (χ2n) is 6.60. The van der Waals surface area contributed by atoms with Crippen molar-refractivity contribution in [3.05, 3.63) is 58.5 Å². The number of thioether (sulfide) groups is 1. The van der Waals surface area contributed by atoms with Crippen LogP contribution >= 0.6 is 24.0 Å². The molecule has 2 amide bonds. The molecule has 1 fully saturated rings. The van der Waals surface area contributed by atoms with Crippen molar-refractivity contribution in [2.75, 3.05) is 11.9 Å².